The highest BCUT2D eigenvalue weighted by molar-refractivity contribution is 5.85. The second kappa shape index (κ2) is 9.99. The fourth-order valence-corrected chi connectivity index (χ4v) is 3.20. The molecule has 1 saturated heterocycles. The lowest BCUT2D eigenvalue weighted by molar-refractivity contribution is -0.180. The van der Waals surface area contributed by atoms with Gasteiger partial charge in [0.25, 0.3) is 5.91 Å². The number of nitrogens with one attached hydrogen (secondary N) is 1. The third-order valence-corrected chi connectivity index (χ3v) is 4.64. The maximum absolute atomic E-state index is 12.6. The molecule has 6 heteroatoms. The molecule has 2 atom stereocenters. The molecule has 1 aliphatic heterocycles. The quantitative estimate of drug-likeness (QED) is 0.776. The van der Waals surface area contributed by atoms with E-state index in [0.717, 1.165) is 25.7 Å². The van der Waals surface area contributed by atoms with Gasteiger partial charge in [0.15, 0.2) is 12.2 Å². The van der Waals surface area contributed by atoms with Gasteiger partial charge in [-0.25, -0.2) is 4.79 Å². The molecule has 0 unspecified atom stereocenters. The highest BCUT2D eigenvalue weighted by atomic mass is 16.6. The third-order valence-electron chi connectivity index (χ3n) is 4.64. The van der Waals surface area contributed by atoms with E-state index in [4.69, 9.17) is 14.2 Å². The standard InChI is InChI=1S/C18H31NO5/c1-13(2)16(24-18(21)15-12-22-10-11-23-15)17(20)19-14-8-6-4-3-5-7-9-14/h13-16H,3-12H2,1-2H3,(H,19,20)/t15-,16-/m0/s1. The maximum atomic E-state index is 12.6. The van der Waals surface area contributed by atoms with Crippen molar-refractivity contribution in [1.29, 1.82) is 0 Å². The van der Waals surface area contributed by atoms with Crippen LogP contribution in [0.2, 0.25) is 0 Å². The highest BCUT2D eigenvalue weighted by Crippen LogP contribution is 2.18. The second-order valence-corrected chi connectivity index (χ2v) is 7.09. The summed E-state index contributed by atoms with van der Waals surface area (Å²) in [7, 11) is 0. The smallest absolute Gasteiger partial charge is 0.338 e. The van der Waals surface area contributed by atoms with Crippen LogP contribution in [0.3, 0.4) is 0 Å². The summed E-state index contributed by atoms with van der Waals surface area (Å²) in [5.74, 6) is -0.797. The summed E-state index contributed by atoms with van der Waals surface area (Å²) in [6, 6.07) is 0.187. The van der Waals surface area contributed by atoms with E-state index >= 15 is 0 Å². The minimum Gasteiger partial charge on any atom is -0.450 e. The Morgan fingerprint density at radius 1 is 1.04 bits per heavy atom. The molecule has 2 rings (SSSR count). The second-order valence-electron chi connectivity index (χ2n) is 7.09. The zero-order valence-corrected chi connectivity index (χ0v) is 14.9. The molecule has 1 heterocycles. The first-order chi connectivity index (χ1) is 11.6. The lowest BCUT2D eigenvalue weighted by Gasteiger charge is -2.28. The van der Waals surface area contributed by atoms with E-state index in [2.05, 4.69) is 5.32 Å². The normalized spacial score (nSPS) is 24.7. The van der Waals surface area contributed by atoms with Crippen LogP contribution < -0.4 is 5.32 Å². The van der Waals surface area contributed by atoms with E-state index in [1.807, 2.05) is 13.8 Å². The number of carbonyl (C=O) groups excluding carboxylic acids is 2. The van der Waals surface area contributed by atoms with Gasteiger partial charge in [-0.1, -0.05) is 46.0 Å². The van der Waals surface area contributed by atoms with Gasteiger partial charge in [-0.2, -0.15) is 0 Å². The Bertz CT molecular complexity index is 398. The fourth-order valence-electron chi connectivity index (χ4n) is 3.20. The zero-order valence-electron chi connectivity index (χ0n) is 14.9. The van der Waals surface area contributed by atoms with Crippen LogP contribution >= 0.6 is 0 Å². The van der Waals surface area contributed by atoms with Crippen molar-refractivity contribution in [1.82, 2.24) is 5.32 Å². The predicted octanol–water partition coefficient (Wildman–Crippen LogP) is 2.20. The first kappa shape index (κ1) is 19.2. The molecule has 0 aromatic carbocycles. The zero-order chi connectivity index (χ0) is 17.4. The minimum atomic E-state index is -0.784. The third kappa shape index (κ3) is 6.06. The molecule has 2 aliphatic rings. The molecule has 2 fully saturated rings. The Kier molecular flexibility index (Phi) is 7.99. The maximum Gasteiger partial charge on any atom is 0.338 e. The van der Waals surface area contributed by atoms with Crippen LogP contribution in [-0.4, -0.2) is 49.9 Å². The first-order valence-corrected chi connectivity index (χ1v) is 9.28. The molecule has 0 aromatic rings. The molecule has 1 amide bonds. The fraction of sp³-hybridized carbons (Fsp3) is 0.889. The topological polar surface area (TPSA) is 73.9 Å². The Labute approximate surface area is 144 Å². The van der Waals surface area contributed by atoms with Gasteiger partial charge in [0.2, 0.25) is 0 Å². The molecule has 0 radical (unpaired) electrons. The number of esters is 1. The molecular weight excluding hydrogens is 310 g/mol. The molecular formula is C18H31NO5. The summed E-state index contributed by atoms with van der Waals surface area (Å²) in [4.78, 5) is 24.8. The average molecular weight is 341 g/mol. The lowest BCUT2D eigenvalue weighted by atomic mass is 9.96. The Balaban J connectivity index is 1.87. The number of carbonyl (C=O) groups is 2. The molecule has 1 aliphatic carbocycles. The van der Waals surface area contributed by atoms with Crippen molar-refractivity contribution in [2.24, 2.45) is 5.92 Å². The van der Waals surface area contributed by atoms with E-state index in [9.17, 15) is 9.59 Å². The highest BCUT2D eigenvalue weighted by Gasteiger charge is 2.32. The van der Waals surface area contributed by atoms with Crippen molar-refractivity contribution in [3.63, 3.8) is 0 Å². The van der Waals surface area contributed by atoms with Gasteiger partial charge in [0.05, 0.1) is 19.8 Å². The van der Waals surface area contributed by atoms with Gasteiger partial charge in [0, 0.05) is 6.04 Å². The van der Waals surface area contributed by atoms with Crippen LogP contribution in [0.4, 0.5) is 0 Å². The number of rotatable bonds is 5. The van der Waals surface area contributed by atoms with Crippen LogP contribution in [-0.2, 0) is 23.8 Å². The van der Waals surface area contributed by atoms with E-state index in [-0.39, 0.29) is 24.5 Å². The number of hydrogen-bond donors (Lipinski definition) is 1. The molecule has 6 nitrogen and oxygen atoms in total. The van der Waals surface area contributed by atoms with Gasteiger partial charge in [0.1, 0.15) is 0 Å². The first-order valence-electron chi connectivity index (χ1n) is 9.28. The van der Waals surface area contributed by atoms with E-state index in [1.54, 1.807) is 0 Å². The molecule has 0 aromatic heterocycles. The van der Waals surface area contributed by atoms with Crippen molar-refractivity contribution in [3.8, 4) is 0 Å². The molecule has 138 valence electrons. The Morgan fingerprint density at radius 3 is 2.29 bits per heavy atom. The monoisotopic (exact) mass is 341 g/mol. The van der Waals surface area contributed by atoms with Crippen LogP contribution in [0.1, 0.15) is 58.8 Å². The van der Waals surface area contributed by atoms with Crippen molar-refractivity contribution < 1.29 is 23.8 Å². The number of hydrogen-bond acceptors (Lipinski definition) is 5. The Morgan fingerprint density at radius 2 is 1.71 bits per heavy atom. The summed E-state index contributed by atoms with van der Waals surface area (Å²) in [5.41, 5.74) is 0. The van der Waals surface area contributed by atoms with Crippen LogP contribution in [0, 0.1) is 5.92 Å². The van der Waals surface area contributed by atoms with E-state index < -0.39 is 18.2 Å². The predicted molar refractivity (Wildman–Crippen MR) is 89.5 cm³/mol. The van der Waals surface area contributed by atoms with Crippen LogP contribution in [0.15, 0.2) is 0 Å². The lowest BCUT2D eigenvalue weighted by Crippen LogP contribution is -2.48. The Hall–Kier alpha value is -1.14. The SMILES string of the molecule is CC(C)[C@H](OC(=O)[C@@H]1COCCO1)C(=O)NC1CCCCCCC1. The van der Waals surface area contributed by atoms with Crippen molar-refractivity contribution >= 4 is 11.9 Å². The minimum absolute atomic E-state index is 0.0907. The average Bonchev–Trinajstić information content (AvgIpc) is 2.55. The van der Waals surface area contributed by atoms with Crippen molar-refractivity contribution in [2.75, 3.05) is 19.8 Å². The van der Waals surface area contributed by atoms with Crippen molar-refractivity contribution in [2.45, 2.75) is 77.0 Å². The van der Waals surface area contributed by atoms with Gasteiger partial charge < -0.3 is 19.5 Å². The number of amides is 1. The van der Waals surface area contributed by atoms with Crippen molar-refractivity contribution in [3.05, 3.63) is 0 Å². The van der Waals surface area contributed by atoms with Gasteiger partial charge in [-0.15, -0.1) is 0 Å². The molecule has 1 N–H and O–H groups in total. The van der Waals surface area contributed by atoms with E-state index in [0.29, 0.717) is 13.2 Å². The van der Waals surface area contributed by atoms with Gasteiger partial charge in [-0.3, -0.25) is 4.79 Å². The largest absolute Gasteiger partial charge is 0.450 e. The summed E-state index contributed by atoms with van der Waals surface area (Å²) >= 11 is 0. The summed E-state index contributed by atoms with van der Waals surface area (Å²) in [6.45, 7) is 4.82. The van der Waals surface area contributed by atoms with Gasteiger partial charge >= 0.3 is 5.97 Å². The van der Waals surface area contributed by atoms with Crippen LogP contribution in [0.5, 0.6) is 0 Å². The summed E-state index contributed by atoms with van der Waals surface area (Å²) < 4.78 is 16.0. The molecule has 24 heavy (non-hydrogen) atoms. The summed E-state index contributed by atoms with van der Waals surface area (Å²) in [5, 5.41) is 3.09. The molecule has 0 spiro atoms. The molecule has 1 saturated carbocycles. The van der Waals surface area contributed by atoms with E-state index in [1.165, 1.54) is 19.3 Å². The van der Waals surface area contributed by atoms with Crippen LogP contribution in [0.25, 0.3) is 0 Å². The summed E-state index contributed by atoms with van der Waals surface area (Å²) in [6.07, 6.45) is 6.53. The number of ether oxygens (including phenoxy) is 3. The van der Waals surface area contributed by atoms with Gasteiger partial charge in [-0.05, 0) is 18.8 Å². The molecule has 0 bridgehead atoms.